The predicted molar refractivity (Wildman–Crippen MR) is 78.2 cm³/mol. The Hall–Kier alpha value is -2.11. The first kappa shape index (κ1) is 16.9. The van der Waals surface area contributed by atoms with Crippen LogP contribution in [0.2, 0.25) is 0 Å². The third-order valence-corrected chi connectivity index (χ3v) is 2.94. The zero-order chi connectivity index (χ0) is 15.8. The van der Waals surface area contributed by atoms with Gasteiger partial charge in [0.2, 0.25) is 6.41 Å². The van der Waals surface area contributed by atoms with Gasteiger partial charge in [-0.1, -0.05) is 19.9 Å². The lowest BCUT2D eigenvalue weighted by Gasteiger charge is -2.22. The molecule has 6 heteroatoms. The summed E-state index contributed by atoms with van der Waals surface area (Å²) in [6.45, 7) is 5.98. The number of ether oxygens (including phenoxy) is 1. The number of hydrogen-bond donors (Lipinski definition) is 2. The number of benzene rings is 1. The number of carbonyl (C=O) groups is 2. The van der Waals surface area contributed by atoms with Gasteiger partial charge in [-0.15, -0.1) is 0 Å². The van der Waals surface area contributed by atoms with Crippen molar-refractivity contribution in [1.82, 2.24) is 5.32 Å². The summed E-state index contributed by atoms with van der Waals surface area (Å²) in [5, 5.41) is 5.34. The van der Waals surface area contributed by atoms with E-state index < -0.39 is 17.8 Å². The molecular formula is C15H21FN2O3. The van der Waals surface area contributed by atoms with Crippen LogP contribution in [0.25, 0.3) is 0 Å². The molecule has 0 spiro atoms. The summed E-state index contributed by atoms with van der Waals surface area (Å²) in [5.74, 6) is -0.923. The molecular weight excluding hydrogens is 275 g/mol. The van der Waals surface area contributed by atoms with Crippen LogP contribution in [0.5, 0.6) is 0 Å². The van der Waals surface area contributed by atoms with Crippen LogP contribution in [-0.4, -0.2) is 25.0 Å². The molecule has 0 aromatic heterocycles. The Morgan fingerprint density at radius 2 is 2.14 bits per heavy atom. The molecule has 2 N–H and O–H groups in total. The molecule has 0 aliphatic carbocycles. The maximum absolute atomic E-state index is 14.0. The van der Waals surface area contributed by atoms with Crippen LogP contribution in [0.1, 0.15) is 26.3 Å². The molecule has 1 aromatic rings. The van der Waals surface area contributed by atoms with E-state index in [-0.39, 0.29) is 24.8 Å². The molecule has 0 heterocycles. The van der Waals surface area contributed by atoms with Crippen LogP contribution in [0.15, 0.2) is 18.2 Å². The van der Waals surface area contributed by atoms with E-state index in [9.17, 15) is 14.0 Å². The number of amides is 1. The molecule has 116 valence electrons. The van der Waals surface area contributed by atoms with E-state index in [1.807, 2.05) is 13.8 Å². The number of hydrogen-bond acceptors (Lipinski definition) is 4. The second-order valence-electron chi connectivity index (χ2n) is 4.93. The molecule has 0 aliphatic rings. The van der Waals surface area contributed by atoms with E-state index in [0.29, 0.717) is 12.0 Å². The van der Waals surface area contributed by atoms with Crippen molar-refractivity contribution >= 4 is 18.1 Å². The van der Waals surface area contributed by atoms with Crippen LogP contribution in [0.3, 0.4) is 0 Å². The van der Waals surface area contributed by atoms with Crippen LogP contribution >= 0.6 is 0 Å². The molecule has 0 fully saturated rings. The lowest BCUT2D eigenvalue weighted by atomic mass is 10.0. The Morgan fingerprint density at radius 3 is 2.67 bits per heavy atom. The van der Waals surface area contributed by atoms with Crippen molar-refractivity contribution in [1.29, 1.82) is 0 Å². The molecule has 1 amide bonds. The normalized spacial score (nSPS) is 11.9. The Kier molecular flexibility index (Phi) is 6.65. The summed E-state index contributed by atoms with van der Waals surface area (Å²) in [4.78, 5) is 22.1. The SMILES string of the molecule is CCOC(=O)C(Nc1ccc(CNC=O)cc1F)C(C)C. The summed E-state index contributed by atoms with van der Waals surface area (Å²) in [5.41, 5.74) is 0.874. The van der Waals surface area contributed by atoms with E-state index in [2.05, 4.69) is 10.6 Å². The van der Waals surface area contributed by atoms with Crippen molar-refractivity contribution in [3.8, 4) is 0 Å². The molecule has 21 heavy (non-hydrogen) atoms. The Balaban J connectivity index is 2.84. The summed E-state index contributed by atoms with van der Waals surface area (Å²) < 4.78 is 19.0. The van der Waals surface area contributed by atoms with Gasteiger partial charge in [-0.25, -0.2) is 9.18 Å². The van der Waals surface area contributed by atoms with Crippen LogP contribution < -0.4 is 10.6 Å². The maximum Gasteiger partial charge on any atom is 0.328 e. The smallest absolute Gasteiger partial charge is 0.328 e. The standard InChI is InChI=1S/C15H21FN2O3/c1-4-21-15(20)14(10(2)3)18-13-6-5-11(7-12(13)16)8-17-9-19/h5-7,9-10,14,18H,4,8H2,1-3H3,(H,17,19). The lowest BCUT2D eigenvalue weighted by molar-refractivity contribution is -0.145. The second kappa shape index (κ2) is 8.24. The van der Waals surface area contributed by atoms with Gasteiger partial charge >= 0.3 is 5.97 Å². The van der Waals surface area contributed by atoms with Gasteiger partial charge in [0.05, 0.1) is 12.3 Å². The minimum atomic E-state index is -0.613. The number of rotatable bonds is 8. The first-order valence-electron chi connectivity index (χ1n) is 6.88. The third-order valence-electron chi connectivity index (χ3n) is 2.94. The minimum Gasteiger partial charge on any atom is -0.464 e. The van der Waals surface area contributed by atoms with E-state index in [1.54, 1.807) is 19.1 Å². The molecule has 0 radical (unpaired) electrons. The molecule has 1 atom stereocenters. The van der Waals surface area contributed by atoms with Crippen molar-refractivity contribution in [2.75, 3.05) is 11.9 Å². The quantitative estimate of drug-likeness (QED) is 0.569. The van der Waals surface area contributed by atoms with Gasteiger partial charge in [0.15, 0.2) is 0 Å². The first-order chi connectivity index (χ1) is 9.99. The first-order valence-corrected chi connectivity index (χ1v) is 6.88. The minimum absolute atomic E-state index is 0.0418. The monoisotopic (exact) mass is 296 g/mol. The zero-order valence-corrected chi connectivity index (χ0v) is 12.5. The maximum atomic E-state index is 14.0. The molecule has 0 bridgehead atoms. The molecule has 1 aromatic carbocycles. The number of esters is 1. The van der Waals surface area contributed by atoms with Crippen LogP contribution in [0, 0.1) is 11.7 Å². The van der Waals surface area contributed by atoms with Gasteiger partial charge in [0.25, 0.3) is 0 Å². The number of carbonyl (C=O) groups excluding carboxylic acids is 2. The van der Waals surface area contributed by atoms with Crippen molar-refractivity contribution in [3.05, 3.63) is 29.6 Å². The fraction of sp³-hybridized carbons (Fsp3) is 0.467. The molecule has 0 aliphatic heterocycles. The second-order valence-corrected chi connectivity index (χ2v) is 4.93. The van der Waals surface area contributed by atoms with E-state index >= 15 is 0 Å². The van der Waals surface area contributed by atoms with E-state index in [1.165, 1.54) is 6.07 Å². The topological polar surface area (TPSA) is 67.4 Å². The van der Waals surface area contributed by atoms with Crippen molar-refractivity contribution in [2.24, 2.45) is 5.92 Å². The molecule has 0 saturated heterocycles. The van der Waals surface area contributed by atoms with Gasteiger partial charge in [0.1, 0.15) is 11.9 Å². The summed E-state index contributed by atoms with van der Waals surface area (Å²) >= 11 is 0. The molecule has 5 nitrogen and oxygen atoms in total. The average molecular weight is 296 g/mol. The summed E-state index contributed by atoms with van der Waals surface area (Å²) in [7, 11) is 0. The zero-order valence-electron chi connectivity index (χ0n) is 12.5. The van der Waals surface area contributed by atoms with E-state index in [0.717, 1.165) is 0 Å². The largest absolute Gasteiger partial charge is 0.464 e. The number of anilines is 1. The van der Waals surface area contributed by atoms with Crippen molar-refractivity contribution in [3.63, 3.8) is 0 Å². The molecule has 1 unspecified atom stereocenters. The van der Waals surface area contributed by atoms with Crippen LogP contribution in [0.4, 0.5) is 10.1 Å². The van der Waals surface area contributed by atoms with Gasteiger partial charge in [-0.2, -0.15) is 0 Å². The molecule has 0 saturated carbocycles. The Bertz CT molecular complexity index is 492. The van der Waals surface area contributed by atoms with Gasteiger partial charge in [-0.05, 0) is 30.5 Å². The highest BCUT2D eigenvalue weighted by Crippen LogP contribution is 2.19. The fourth-order valence-electron chi connectivity index (χ4n) is 1.84. The highest BCUT2D eigenvalue weighted by molar-refractivity contribution is 5.79. The van der Waals surface area contributed by atoms with Gasteiger partial charge in [-0.3, -0.25) is 4.79 Å². The van der Waals surface area contributed by atoms with Crippen LogP contribution in [-0.2, 0) is 20.9 Å². The fourth-order valence-corrected chi connectivity index (χ4v) is 1.84. The Morgan fingerprint density at radius 1 is 1.43 bits per heavy atom. The van der Waals surface area contributed by atoms with E-state index in [4.69, 9.17) is 4.74 Å². The van der Waals surface area contributed by atoms with Gasteiger partial charge < -0.3 is 15.4 Å². The number of nitrogens with one attached hydrogen (secondary N) is 2. The third kappa shape index (κ3) is 5.06. The lowest BCUT2D eigenvalue weighted by Crippen LogP contribution is -2.36. The van der Waals surface area contributed by atoms with Gasteiger partial charge in [0, 0.05) is 6.54 Å². The van der Waals surface area contributed by atoms with Crippen molar-refractivity contribution < 1.29 is 18.7 Å². The average Bonchev–Trinajstić information content (AvgIpc) is 2.43. The predicted octanol–water partition coefficient (Wildman–Crippen LogP) is 2.07. The summed E-state index contributed by atoms with van der Waals surface area (Å²) in [6.07, 6.45) is 0.555. The Labute approximate surface area is 123 Å². The highest BCUT2D eigenvalue weighted by Gasteiger charge is 2.24. The number of halogens is 1. The summed E-state index contributed by atoms with van der Waals surface area (Å²) in [6, 6.07) is 3.94. The highest BCUT2D eigenvalue weighted by atomic mass is 19.1. The van der Waals surface area contributed by atoms with Crippen molar-refractivity contribution in [2.45, 2.75) is 33.4 Å². The molecule has 1 rings (SSSR count).